The molecule has 0 unspecified atom stereocenters. The van der Waals surface area contributed by atoms with Crippen LogP contribution in [0.15, 0.2) is 12.2 Å². The maximum atomic E-state index is 10.8. The van der Waals surface area contributed by atoms with Crippen LogP contribution in [0.1, 0.15) is 46.5 Å². The van der Waals surface area contributed by atoms with Crippen molar-refractivity contribution in [3.63, 3.8) is 0 Å². The zero-order chi connectivity index (χ0) is 14.9. The zero-order valence-corrected chi connectivity index (χ0v) is 12.2. The summed E-state index contributed by atoms with van der Waals surface area (Å²) in [5, 5.41) is 8.21. The van der Waals surface area contributed by atoms with E-state index in [-0.39, 0.29) is 0 Å². The zero-order valence-electron chi connectivity index (χ0n) is 12.2. The maximum absolute atomic E-state index is 10.8. The van der Waals surface area contributed by atoms with E-state index >= 15 is 0 Å². The van der Waals surface area contributed by atoms with Crippen molar-refractivity contribution in [1.82, 2.24) is 0 Å². The van der Waals surface area contributed by atoms with Gasteiger partial charge in [-0.05, 0) is 20.3 Å². The highest BCUT2D eigenvalue weighted by Crippen LogP contribution is 1.99. The molecule has 0 rings (SSSR count). The highest BCUT2D eigenvalue weighted by Gasteiger charge is 1.97. The lowest BCUT2D eigenvalue weighted by Gasteiger charge is -2.00. The Bertz CT molecular complexity index is 246. The van der Waals surface area contributed by atoms with Gasteiger partial charge in [0.2, 0.25) is 0 Å². The fourth-order valence-corrected chi connectivity index (χ4v) is 1.09. The van der Waals surface area contributed by atoms with Gasteiger partial charge in [-0.2, -0.15) is 0 Å². The minimum atomic E-state index is -1.15. The summed E-state index contributed by atoms with van der Waals surface area (Å²) in [4.78, 5) is 20.8. The summed E-state index contributed by atoms with van der Waals surface area (Å²) in [5.41, 5.74) is 0. The highest BCUT2D eigenvalue weighted by atomic mass is 16.5. The Hall–Kier alpha value is -1.36. The summed E-state index contributed by atoms with van der Waals surface area (Å²) < 4.78 is 9.58. The van der Waals surface area contributed by atoms with E-state index in [2.05, 4.69) is 6.92 Å². The molecule has 0 aliphatic heterocycles. The Balaban J connectivity index is 0. The number of carboxylic acids is 1. The summed E-state index contributed by atoms with van der Waals surface area (Å²) in [6.45, 7) is 8.13. The average molecular weight is 274 g/mol. The van der Waals surface area contributed by atoms with Crippen molar-refractivity contribution >= 4 is 11.9 Å². The second kappa shape index (κ2) is 16.6. The van der Waals surface area contributed by atoms with Crippen LogP contribution in [0.25, 0.3) is 0 Å². The minimum absolute atomic E-state index is 0.364. The Morgan fingerprint density at radius 1 is 1.00 bits per heavy atom. The summed E-state index contributed by atoms with van der Waals surface area (Å²) in [6, 6.07) is 0. The monoisotopic (exact) mass is 274 g/mol. The molecule has 0 amide bonds. The molecule has 0 fully saturated rings. The Morgan fingerprint density at radius 2 is 1.63 bits per heavy atom. The molecule has 0 saturated carbocycles. The second-order valence-corrected chi connectivity index (χ2v) is 3.68. The maximum Gasteiger partial charge on any atom is 0.331 e. The fourth-order valence-electron chi connectivity index (χ4n) is 1.09. The Labute approximate surface area is 115 Å². The lowest BCUT2D eigenvalue weighted by Crippen LogP contribution is -2.03. The van der Waals surface area contributed by atoms with E-state index in [9.17, 15) is 9.59 Å². The molecule has 5 heteroatoms. The first-order chi connectivity index (χ1) is 9.08. The van der Waals surface area contributed by atoms with Crippen LogP contribution >= 0.6 is 0 Å². The van der Waals surface area contributed by atoms with Crippen molar-refractivity contribution in [3.8, 4) is 0 Å². The predicted octanol–water partition coefficient (Wildman–Crippen LogP) is 2.79. The third-order valence-electron chi connectivity index (χ3n) is 2.01. The number of carboxylic acid groups (broad SMARTS) is 1. The third-order valence-corrected chi connectivity index (χ3v) is 2.01. The van der Waals surface area contributed by atoms with Crippen LogP contribution in [0.4, 0.5) is 0 Å². The van der Waals surface area contributed by atoms with Gasteiger partial charge in [0.15, 0.2) is 0 Å². The van der Waals surface area contributed by atoms with Gasteiger partial charge in [0.05, 0.1) is 6.61 Å². The van der Waals surface area contributed by atoms with Crippen LogP contribution in [-0.2, 0) is 19.1 Å². The van der Waals surface area contributed by atoms with E-state index in [0.717, 1.165) is 51.0 Å². The molecule has 0 aromatic carbocycles. The molecule has 0 aromatic rings. The summed E-state index contributed by atoms with van der Waals surface area (Å²) >= 11 is 0. The lowest BCUT2D eigenvalue weighted by atomic mass is 10.2. The van der Waals surface area contributed by atoms with E-state index in [1.54, 1.807) is 0 Å². The van der Waals surface area contributed by atoms with E-state index in [1.807, 2.05) is 13.8 Å². The molecule has 0 aliphatic carbocycles. The van der Waals surface area contributed by atoms with Crippen LogP contribution in [0, 0.1) is 0 Å². The van der Waals surface area contributed by atoms with Crippen LogP contribution in [-0.4, -0.2) is 36.9 Å². The van der Waals surface area contributed by atoms with E-state index in [1.165, 1.54) is 0 Å². The summed E-state index contributed by atoms with van der Waals surface area (Å²) in [5.74, 6) is -1.74. The van der Waals surface area contributed by atoms with Crippen molar-refractivity contribution in [2.45, 2.75) is 46.5 Å². The van der Waals surface area contributed by atoms with Gasteiger partial charge in [0.1, 0.15) is 0 Å². The number of ether oxygens (including phenoxy) is 2. The van der Waals surface area contributed by atoms with Gasteiger partial charge in [-0.15, -0.1) is 0 Å². The first-order valence-electron chi connectivity index (χ1n) is 6.73. The van der Waals surface area contributed by atoms with Gasteiger partial charge < -0.3 is 14.6 Å². The first kappa shape index (κ1) is 20.0. The molecular formula is C14H26O5. The van der Waals surface area contributed by atoms with Gasteiger partial charge in [-0.3, -0.25) is 0 Å². The quantitative estimate of drug-likeness (QED) is 0.397. The molecule has 5 nitrogen and oxygen atoms in total. The number of aliphatic carboxylic acids is 1. The molecule has 0 radical (unpaired) electrons. The van der Waals surface area contributed by atoms with Gasteiger partial charge in [0.25, 0.3) is 0 Å². The molecule has 0 spiro atoms. The van der Waals surface area contributed by atoms with Crippen LogP contribution in [0.5, 0.6) is 0 Å². The van der Waals surface area contributed by atoms with Crippen LogP contribution in [0.2, 0.25) is 0 Å². The minimum Gasteiger partial charge on any atom is -0.478 e. The molecule has 0 aromatic heterocycles. The van der Waals surface area contributed by atoms with E-state index in [4.69, 9.17) is 14.6 Å². The normalized spacial score (nSPS) is 9.84. The molecule has 0 heterocycles. The van der Waals surface area contributed by atoms with Gasteiger partial charge >= 0.3 is 11.9 Å². The number of hydrogen-bond donors (Lipinski definition) is 1. The predicted molar refractivity (Wildman–Crippen MR) is 74.0 cm³/mol. The standard InChI is InChI=1S/C10H16O4.C4H10O/c1-2-3-4-5-8-14-10(13)7-6-9(11)12;1-3-5-4-2/h6-7H,2-5,8H2,1H3,(H,11,12);3-4H2,1-2H3/b7-6-;. The number of esters is 1. The smallest absolute Gasteiger partial charge is 0.331 e. The van der Waals surface area contributed by atoms with Crippen LogP contribution < -0.4 is 0 Å². The average Bonchev–Trinajstić information content (AvgIpc) is 2.38. The molecule has 1 N–H and O–H groups in total. The Morgan fingerprint density at radius 3 is 2.05 bits per heavy atom. The molecule has 0 aliphatic rings. The number of unbranched alkanes of at least 4 members (excludes halogenated alkanes) is 3. The third kappa shape index (κ3) is 22.3. The van der Waals surface area contributed by atoms with Crippen molar-refractivity contribution in [2.24, 2.45) is 0 Å². The van der Waals surface area contributed by atoms with Gasteiger partial charge in [-0.1, -0.05) is 26.2 Å². The second-order valence-electron chi connectivity index (χ2n) is 3.68. The summed E-state index contributed by atoms with van der Waals surface area (Å²) in [7, 11) is 0. The number of carbonyl (C=O) groups is 2. The molecule has 0 atom stereocenters. The van der Waals surface area contributed by atoms with E-state index < -0.39 is 11.9 Å². The SMILES string of the molecule is CCCCCCOC(=O)/C=C\C(=O)O.CCOCC. The highest BCUT2D eigenvalue weighted by molar-refractivity contribution is 5.90. The largest absolute Gasteiger partial charge is 0.478 e. The van der Waals surface area contributed by atoms with Gasteiger partial charge in [-0.25, -0.2) is 9.59 Å². The van der Waals surface area contributed by atoms with Crippen molar-refractivity contribution in [3.05, 3.63) is 12.2 Å². The van der Waals surface area contributed by atoms with Crippen molar-refractivity contribution < 1.29 is 24.2 Å². The molecule has 0 saturated heterocycles. The van der Waals surface area contributed by atoms with Crippen LogP contribution in [0.3, 0.4) is 0 Å². The van der Waals surface area contributed by atoms with Gasteiger partial charge in [0, 0.05) is 25.4 Å². The molecule has 112 valence electrons. The van der Waals surface area contributed by atoms with E-state index in [0.29, 0.717) is 6.61 Å². The van der Waals surface area contributed by atoms with Crippen molar-refractivity contribution in [1.29, 1.82) is 0 Å². The first-order valence-corrected chi connectivity index (χ1v) is 6.73. The molecular weight excluding hydrogens is 248 g/mol. The fraction of sp³-hybridized carbons (Fsp3) is 0.714. The topological polar surface area (TPSA) is 72.8 Å². The number of rotatable bonds is 9. The number of hydrogen-bond acceptors (Lipinski definition) is 4. The summed E-state index contributed by atoms with van der Waals surface area (Å²) in [6.07, 6.45) is 5.82. The molecule has 0 bridgehead atoms. The molecule has 19 heavy (non-hydrogen) atoms. The lowest BCUT2D eigenvalue weighted by molar-refractivity contribution is -0.138. The van der Waals surface area contributed by atoms with Crippen molar-refractivity contribution in [2.75, 3.05) is 19.8 Å². The Kier molecular flexibility index (Phi) is 17.5. The number of carbonyl (C=O) groups excluding carboxylic acids is 1.